The summed E-state index contributed by atoms with van der Waals surface area (Å²) in [6.45, 7) is 7.37. The van der Waals surface area contributed by atoms with E-state index in [-0.39, 0.29) is 11.8 Å². The van der Waals surface area contributed by atoms with Crippen LogP contribution in [0.1, 0.15) is 61.8 Å². The van der Waals surface area contributed by atoms with Crippen molar-refractivity contribution in [2.45, 2.75) is 65.0 Å². The number of hydrogen-bond acceptors (Lipinski definition) is 7. The molecule has 182 valence electrons. The summed E-state index contributed by atoms with van der Waals surface area (Å²) < 4.78 is 6.03. The van der Waals surface area contributed by atoms with E-state index in [1.54, 1.807) is 17.7 Å². The lowest BCUT2D eigenvalue weighted by atomic mass is 9.97. The number of furan rings is 1. The molecule has 0 bridgehead atoms. The third kappa shape index (κ3) is 5.44. The summed E-state index contributed by atoms with van der Waals surface area (Å²) in [6.07, 6.45) is 9.74. The summed E-state index contributed by atoms with van der Waals surface area (Å²) in [5.74, 6) is 2.83. The molecular weight excluding hydrogens is 446 g/mol. The van der Waals surface area contributed by atoms with Gasteiger partial charge in [0.2, 0.25) is 5.91 Å². The molecule has 2 aliphatic rings. The predicted molar refractivity (Wildman–Crippen MR) is 136 cm³/mol. The molecule has 5 rings (SSSR count). The molecule has 0 saturated carbocycles. The number of carbonyl (C=O) groups is 1. The Labute approximate surface area is 205 Å². The topological polar surface area (TPSA) is 74.5 Å². The minimum Gasteiger partial charge on any atom is -0.463 e. The summed E-state index contributed by atoms with van der Waals surface area (Å²) in [6, 6.07) is 6.26. The Morgan fingerprint density at radius 1 is 1.12 bits per heavy atom. The standard InChI is InChI=1S/C26H35N5O2S/c1-2-22-14-23-24(28-18-29-26(23)34-22)31-13-7-8-19(16-31)25(32)27-15-20-9-10-21(33-20)17-30-11-5-3-4-6-12-30/h9-10,14,18-19H,2-8,11-13,15-17H2,1H3,(H,27,32). The highest BCUT2D eigenvalue weighted by atomic mass is 32.1. The van der Waals surface area contributed by atoms with Crippen LogP contribution in [0.4, 0.5) is 5.82 Å². The van der Waals surface area contributed by atoms with Gasteiger partial charge in [0.25, 0.3) is 0 Å². The molecule has 0 aliphatic carbocycles. The first-order valence-electron chi connectivity index (χ1n) is 12.8. The van der Waals surface area contributed by atoms with Crippen LogP contribution in [0.2, 0.25) is 0 Å². The van der Waals surface area contributed by atoms with Gasteiger partial charge < -0.3 is 14.6 Å². The monoisotopic (exact) mass is 481 g/mol. The Bertz CT molecular complexity index is 1100. The summed E-state index contributed by atoms with van der Waals surface area (Å²) in [5.41, 5.74) is 0. The van der Waals surface area contributed by atoms with E-state index in [0.717, 1.165) is 73.0 Å². The zero-order chi connectivity index (χ0) is 23.3. The van der Waals surface area contributed by atoms with E-state index in [4.69, 9.17) is 4.42 Å². The Balaban J connectivity index is 1.17. The lowest BCUT2D eigenvalue weighted by Crippen LogP contribution is -2.43. The second kappa shape index (κ2) is 10.9. The molecule has 8 heteroatoms. The predicted octanol–water partition coefficient (Wildman–Crippen LogP) is 4.76. The molecule has 7 nitrogen and oxygen atoms in total. The van der Waals surface area contributed by atoms with Gasteiger partial charge in [0.05, 0.1) is 24.4 Å². The molecule has 0 spiro atoms. The van der Waals surface area contributed by atoms with E-state index >= 15 is 0 Å². The molecule has 0 aromatic carbocycles. The van der Waals surface area contributed by atoms with Gasteiger partial charge in [-0.05, 0) is 63.4 Å². The van der Waals surface area contributed by atoms with Crippen LogP contribution in [0.3, 0.4) is 0 Å². The number of anilines is 1. The largest absolute Gasteiger partial charge is 0.463 e. The Hall–Kier alpha value is -2.45. The number of aromatic nitrogens is 2. The fourth-order valence-corrected chi connectivity index (χ4v) is 6.07. The fourth-order valence-electron chi connectivity index (χ4n) is 5.14. The second-order valence-corrected chi connectivity index (χ2v) is 10.7. The molecule has 2 aliphatic heterocycles. The minimum atomic E-state index is -0.0467. The number of likely N-dealkylation sites (tertiary alicyclic amines) is 1. The Kier molecular flexibility index (Phi) is 7.45. The highest BCUT2D eigenvalue weighted by Crippen LogP contribution is 2.32. The van der Waals surface area contributed by atoms with Crippen LogP contribution in [0.25, 0.3) is 10.2 Å². The van der Waals surface area contributed by atoms with Crippen LogP contribution < -0.4 is 10.2 Å². The number of hydrogen-bond donors (Lipinski definition) is 1. The van der Waals surface area contributed by atoms with Crippen LogP contribution in [0.15, 0.2) is 28.9 Å². The van der Waals surface area contributed by atoms with E-state index in [9.17, 15) is 4.79 Å². The Morgan fingerprint density at radius 3 is 2.76 bits per heavy atom. The van der Waals surface area contributed by atoms with Gasteiger partial charge in [0, 0.05) is 18.0 Å². The van der Waals surface area contributed by atoms with Gasteiger partial charge in [-0.25, -0.2) is 9.97 Å². The summed E-state index contributed by atoms with van der Waals surface area (Å²) in [4.78, 5) is 29.1. The number of thiophene rings is 1. The minimum absolute atomic E-state index is 0.0467. The van der Waals surface area contributed by atoms with Crippen LogP contribution in [0, 0.1) is 5.92 Å². The summed E-state index contributed by atoms with van der Waals surface area (Å²) in [7, 11) is 0. The van der Waals surface area contributed by atoms with Crippen molar-refractivity contribution < 1.29 is 9.21 Å². The van der Waals surface area contributed by atoms with Gasteiger partial charge >= 0.3 is 0 Å². The van der Waals surface area contributed by atoms with Crippen molar-refractivity contribution in [3.8, 4) is 0 Å². The van der Waals surface area contributed by atoms with Gasteiger partial charge in [-0.3, -0.25) is 9.69 Å². The molecule has 34 heavy (non-hydrogen) atoms. The maximum Gasteiger partial charge on any atom is 0.225 e. The molecule has 1 amide bonds. The third-order valence-corrected chi connectivity index (χ3v) is 8.22. The number of piperidine rings is 1. The van der Waals surface area contributed by atoms with Crippen molar-refractivity contribution in [3.63, 3.8) is 0 Å². The van der Waals surface area contributed by atoms with E-state index < -0.39 is 0 Å². The van der Waals surface area contributed by atoms with Gasteiger partial charge in [-0.1, -0.05) is 19.8 Å². The van der Waals surface area contributed by atoms with Crippen molar-refractivity contribution in [3.05, 3.63) is 40.9 Å². The molecule has 5 heterocycles. The highest BCUT2D eigenvalue weighted by molar-refractivity contribution is 7.18. The first-order chi connectivity index (χ1) is 16.7. The first-order valence-corrected chi connectivity index (χ1v) is 13.6. The molecule has 1 N–H and O–H groups in total. The normalized spacial score (nSPS) is 19.9. The van der Waals surface area contributed by atoms with Crippen LogP contribution in [-0.2, 0) is 24.3 Å². The fraction of sp³-hybridized carbons (Fsp3) is 0.577. The molecule has 1 unspecified atom stereocenters. The van der Waals surface area contributed by atoms with Crippen LogP contribution in [-0.4, -0.2) is 47.0 Å². The van der Waals surface area contributed by atoms with Gasteiger partial charge in [0.1, 0.15) is 28.5 Å². The van der Waals surface area contributed by atoms with Gasteiger partial charge in [-0.2, -0.15) is 0 Å². The zero-order valence-corrected chi connectivity index (χ0v) is 20.9. The number of carbonyl (C=O) groups excluding carboxylic acids is 1. The lowest BCUT2D eigenvalue weighted by molar-refractivity contribution is -0.125. The molecule has 0 radical (unpaired) electrons. The van der Waals surface area contributed by atoms with E-state index in [1.165, 1.54) is 30.6 Å². The maximum absolute atomic E-state index is 13.0. The summed E-state index contributed by atoms with van der Waals surface area (Å²) >= 11 is 1.73. The number of rotatable bonds is 7. The lowest BCUT2D eigenvalue weighted by Gasteiger charge is -2.33. The smallest absolute Gasteiger partial charge is 0.225 e. The van der Waals surface area contributed by atoms with Crippen molar-refractivity contribution in [1.29, 1.82) is 0 Å². The molecule has 2 saturated heterocycles. The average Bonchev–Trinajstić information content (AvgIpc) is 3.42. The molecular formula is C26H35N5O2S. The molecule has 1 atom stereocenters. The Morgan fingerprint density at radius 2 is 1.94 bits per heavy atom. The molecule has 3 aromatic rings. The van der Waals surface area contributed by atoms with Crippen LogP contribution in [0.5, 0.6) is 0 Å². The first kappa shape index (κ1) is 23.3. The zero-order valence-electron chi connectivity index (χ0n) is 20.1. The molecule has 2 fully saturated rings. The maximum atomic E-state index is 13.0. The second-order valence-electron chi connectivity index (χ2n) is 9.54. The number of aryl methyl sites for hydroxylation is 1. The SMILES string of the molecule is CCc1cc2c(N3CCCC(C(=O)NCc4ccc(CN5CCCCCC5)o4)C3)ncnc2s1. The highest BCUT2D eigenvalue weighted by Gasteiger charge is 2.28. The van der Waals surface area contributed by atoms with Gasteiger partial charge in [-0.15, -0.1) is 11.3 Å². The van der Waals surface area contributed by atoms with Gasteiger partial charge in [0.15, 0.2) is 0 Å². The van der Waals surface area contributed by atoms with Crippen LogP contribution >= 0.6 is 11.3 Å². The quantitative estimate of drug-likeness (QED) is 0.525. The van der Waals surface area contributed by atoms with E-state index in [2.05, 4.69) is 44.1 Å². The number of amides is 1. The number of nitrogens with one attached hydrogen (secondary N) is 1. The van der Waals surface area contributed by atoms with E-state index in [1.807, 2.05) is 6.07 Å². The molecule has 3 aromatic heterocycles. The van der Waals surface area contributed by atoms with E-state index in [0.29, 0.717) is 13.1 Å². The number of fused-ring (bicyclic) bond motifs is 1. The van der Waals surface area contributed by atoms with Crippen molar-refractivity contribution in [2.24, 2.45) is 5.92 Å². The number of nitrogens with zero attached hydrogens (tertiary/aromatic N) is 4. The van der Waals surface area contributed by atoms with Crippen molar-refractivity contribution in [1.82, 2.24) is 20.2 Å². The third-order valence-electron chi connectivity index (χ3n) is 7.03. The average molecular weight is 482 g/mol. The summed E-state index contributed by atoms with van der Waals surface area (Å²) in [5, 5.41) is 4.22. The van der Waals surface area contributed by atoms with Crippen molar-refractivity contribution in [2.75, 3.05) is 31.1 Å². The van der Waals surface area contributed by atoms with Crippen molar-refractivity contribution >= 4 is 33.3 Å².